The minimum absolute atomic E-state index is 0.856. The van der Waals surface area contributed by atoms with Gasteiger partial charge in [-0.3, -0.25) is 9.89 Å². The van der Waals surface area contributed by atoms with E-state index < -0.39 is 0 Å². The maximum absolute atomic E-state index is 4.47. The van der Waals surface area contributed by atoms with Crippen molar-refractivity contribution in [1.82, 2.24) is 4.90 Å². The summed E-state index contributed by atoms with van der Waals surface area (Å²) in [5.74, 6) is 0. The third-order valence-corrected chi connectivity index (χ3v) is 2.77. The zero-order chi connectivity index (χ0) is 10.3. The van der Waals surface area contributed by atoms with Gasteiger partial charge in [-0.15, -0.1) is 0 Å². The summed E-state index contributed by atoms with van der Waals surface area (Å²) >= 11 is 0. The van der Waals surface area contributed by atoms with Crippen LogP contribution in [0.4, 0.5) is 0 Å². The molecule has 2 heteroatoms. The summed E-state index contributed by atoms with van der Waals surface area (Å²) in [4.78, 5) is 6.89. The fourth-order valence-electron chi connectivity index (χ4n) is 1.90. The van der Waals surface area contributed by atoms with Crippen molar-refractivity contribution in [3.8, 4) is 0 Å². The van der Waals surface area contributed by atoms with Crippen LogP contribution >= 0.6 is 0 Å². The molecule has 0 aliphatic carbocycles. The predicted molar refractivity (Wildman–Crippen MR) is 64.3 cm³/mol. The van der Waals surface area contributed by atoms with E-state index in [0.717, 1.165) is 6.67 Å². The minimum atomic E-state index is 0.856. The van der Waals surface area contributed by atoms with Crippen LogP contribution in [0.15, 0.2) is 35.3 Å². The quantitative estimate of drug-likeness (QED) is 0.688. The lowest BCUT2D eigenvalue weighted by Gasteiger charge is -2.24. The Kier molecular flexibility index (Phi) is 3.92. The first-order valence-corrected chi connectivity index (χ1v) is 5.72. The molecule has 0 bridgehead atoms. The van der Waals surface area contributed by atoms with Gasteiger partial charge in [0, 0.05) is 6.21 Å². The van der Waals surface area contributed by atoms with Gasteiger partial charge in [0.2, 0.25) is 0 Å². The maximum Gasteiger partial charge on any atom is 0.0909 e. The van der Waals surface area contributed by atoms with Gasteiger partial charge >= 0.3 is 0 Å². The molecular weight excluding hydrogens is 184 g/mol. The lowest BCUT2D eigenvalue weighted by Crippen LogP contribution is -2.29. The van der Waals surface area contributed by atoms with Crippen LogP contribution in [-0.4, -0.2) is 30.9 Å². The van der Waals surface area contributed by atoms with Crippen molar-refractivity contribution in [2.24, 2.45) is 4.99 Å². The maximum atomic E-state index is 4.47. The van der Waals surface area contributed by atoms with E-state index in [1.807, 2.05) is 24.4 Å². The van der Waals surface area contributed by atoms with Crippen LogP contribution in [0.1, 0.15) is 24.8 Å². The summed E-state index contributed by atoms with van der Waals surface area (Å²) in [7, 11) is 0. The third-order valence-electron chi connectivity index (χ3n) is 2.77. The Balaban J connectivity index is 1.79. The summed E-state index contributed by atoms with van der Waals surface area (Å²) in [5, 5.41) is 0. The highest BCUT2D eigenvalue weighted by Gasteiger charge is 2.07. The number of nitrogens with zero attached hydrogens (tertiary/aromatic N) is 2. The van der Waals surface area contributed by atoms with Gasteiger partial charge in [-0.1, -0.05) is 36.8 Å². The van der Waals surface area contributed by atoms with Crippen LogP contribution in [0, 0.1) is 0 Å². The fourth-order valence-corrected chi connectivity index (χ4v) is 1.90. The normalized spacial score (nSPS) is 18.4. The molecule has 0 spiro atoms. The molecule has 0 atom stereocenters. The van der Waals surface area contributed by atoms with Gasteiger partial charge in [-0.25, -0.2) is 0 Å². The van der Waals surface area contributed by atoms with Gasteiger partial charge in [0.25, 0.3) is 0 Å². The molecule has 1 aliphatic rings. The van der Waals surface area contributed by atoms with E-state index in [0.29, 0.717) is 0 Å². The number of hydrogen-bond donors (Lipinski definition) is 0. The second-order valence-corrected chi connectivity index (χ2v) is 4.04. The molecule has 0 unspecified atom stereocenters. The molecule has 0 radical (unpaired) electrons. The lowest BCUT2D eigenvalue weighted by atomic mass is 10.1. The van der Waals surface area contributed by atoms with Crippen LogP contribution in [0.3, 0.4) is 0 Å². The largest absolute Gasteiger partial charge is 0.284 e. The van der Waals surface area contributed by atoms with Crippen LogP contribution < -0.4 is 0 Å². The summed E-state index contributed by atoms with van der Waals surface area (Å²) in [6.07, 6.45) is 6.02. The SMILES string of the molecule is C(=NCN1CCCCC1)c1ccccc1. The van der Waals surface area contributed by atoms with E-state index in [2.05, 4.69) is 22.0 Å². The van der Waals surface area contributed by atoms with E-state index in [1.54, 1.807) is 0 Å². The fraction of sp³-hybridized carbons (Fsp3) is 0.462. The van der Waals surface area contributed by atoms with Crippen LogP contribution in [0.2, 0.25) is 0 Å². The van der Waals surface area contributed by atoms with E-state index in [1.165, 1.54) is 37.9 Å². The van der Waals surface area contributed by atoms with Crippen molar-refractivity contribution in [3.05, 3.63) is 35.9 Å². The first-order chi connectivity index (χ1) is 7.45. The molecule has 1 aromatic carbocycles. The standard InChI is InChI=1S/C13H18N2/c1-3-7-13(8-4-1)11-14-12-15-9-5-2-6-10-15/h1,3-4,7-8,11H,2,5-6,9-10,12H2. The van der Waals surface area contributed by atoms with Crippen molar-refractivity contribution in [2.75, 3.05) is 19.8 Å². The summed E-state index contributed by atoms with van der Waals surface area (Å²) < 4.78 is 0. The first kappa shape index (κ1) is 10.4. The average Bonchev–Trinajstić information content (AvgIpc) is 2.32. The number of rotatable bonds is 3. The Bertz CT molecular complexity index is 300. The summed E-state index contributed by atoms with van der Waals surface area (Å²) in [6, 6.07) is 10.3. The Labute approximate surface area is 91.6 Å². The van der Waals surface area contributed by atoms with E-state index in [-0.39, 0.29) is 0 Å². The Morgan fingerprint density at radius 3 is 2.53 bits per heavy atom. The van der Waals surface area contributed by atoms with Crippen molar-refractivity contribution < 1.29 is 0 Å². The smallest absolute Gasteiger partial charge is 0.0909 e. The van der Waals surface area contributed by atoms with Gasteiger partial charge in [-0.05, 0) is 31.5 Å². The van der Waals surface area contributed by atoms with Gasteiger partial charge < -0.3 is 0 Å². The Morgan fingerprint density at radius 1 is 1.07 bits per heavy atom. The molecule has 15 heavy (non-hydrogen) atoms. The molecule has 1 fully saturated rings. The zero-order valence-corrected chi connectivity index (χ0v) is 9.10. The molecule has 1 aliphatic heterocycles. The van der Waals surface area contributed by atoms with Gasteiger partial charge in [-0.2, -0.15) is 0 Å². The molecule has 80 valence electrons. The first-order valence-electron chi connectivity index (χ1n) is 5.72. The van der Waals surface area contributed by atoms with Gasteiger partial charge in [0.15, 0.2) is 0 Å². The zero-order valence-electron chi connectivity index (χ0n) is 9.10. The second-order valence-electron chi connectivity index (χ2n) is 4.04. The van der Waals surface area contributed by atoms with Crippen molar-refractivity contribution in [2.45, 2.75) is 19.3 Å². The number of hydrogen-bond acceptors (Lipinski definition) is 2. The summed E-state index contributed by atoms with van der Waals surface area (Å²) in [6.45, 7) is 3.28. The van der Waals surface area contributed by atoms with Gasteiger partial charge in [0.1, 0.15) is 0 Å². The van der Waals surface area contributed by atoms with Gasteiger partial charge in [0.05, 0.1) is 6.67 Å². The number of piperidine rings is 1. The average molecular weight is 202 g/mol. The van der Waals surface area contributed by atoms with Crippen molar-refractivity contribution >= 4 is 6.21 Å². The third kappa shape index (κ3) is 3.48. The highest BCUT2D eigenvalue weighted by Crippen LogP contribution is 2.07. The molecule has 1 heterocycles. The van der Waals surface area contributed by atoms with Crippen molar-refractivity contribution in [1.29, 1.82) is 0 Å². The van der Waals surface area contributed by atoms with Crippen molar-refractivity contribution in [3.63, 3.8) is 0 Å². The molecule has 0 amide bonds. The molecule has 0 saturated carbocycles. The topological polar surface area (TPSA) is 15.6 Å². The number of benzene rings is 1. The number of aliphatic imine (C=N–C) groups is 1. The Morgan fingerprint density at radius 2 is 1.80 bits per heavy atom. The van der Waals surface area contributed by atoms with Crippen LogP contribution in [0.25, 0.3) is 0 Å². The monoisotopic (exact) mass is 202 g/mol. The lowest BCUT2D eigenvalue weighted by molar-refractivity contribution is 0.236. The molecule has 0 aromatic heterocycles. The highest BCUT2D eigenvalue weighted by molar-refractivity contribution is 5.79. The molecular formula is C13H18N2. The summed E-state index contributed by atoms with van der Waals surface area (Å²) in [5.41, 5.74) is 1.19. The molecule has 1 saturated heterocycles. The molecule has 1 aromatic rings. The van der Waals surface area contributed by atoms with E-state index in [9.17, 15) is 0 Å². The van der Waals surface area contributed by atoms with E-state index in [4.69, 9.17) is 0 Å². The number of likely N-dealkylation sites (tertiary alicyclic amines) is 1. The Hall–Kier alpha value is -1.15. The van der Waals surface area contributed by atoms with Crippen LogP contribution in [-0.2, 0) is 0 Å². The van der Waals surface area contributed by atoms with E-state index >= 15 is 0 Å². The van der Waals surface area contributed by atoms with Crippen LogP contribution in [0.5, 0.6) is 0 Å². The molecule has 2 nitrogen and oxygen atoms in total. The molecule has 2 rings (SSSR count). The second kappa shape index (κ2) is 5.66. The highest BCUT2D eigenvalue weighted by atomic mass is 15.2. The predicted octanol–water partition coefficient (Wildman–Crippen LogP) is 2.55. The molecule has 0 N–H and O–H groups in total. The minimum Gasteiger partial charge on any atom is -0.284 e.